The molecule has 4 aromatic rings. The highest BCUT2D eigenvalue weighted by Gasteiger charge is 2.07. The van der Waals surface area contributed by atoms with Gasteiger partial charge in [-0.25, -0.2) is 0 Å². The summed E-state index contributed by atoms with van der Waals surface area (Å²) in [5.41, 5.74) is 3.93. The SMILES string of the molecule is Cc1cc2cc(CC(=O)Nc3ccc4cc(C)c(=O)[nH]c4c3)ccc2[nH]c1=O. The first-order valence-corrected chi connectivity index (χ1v) is 8.95. The lowest BCUT2D eigenvalue weighted by Gasteiger charge is -2.08. The molecule has 4 rings (SSSR count). The van der Waals surface area contributed by atoms with E-state index in [0.717, 1.165) is 21.9 Å². The largest absolute Gasteiger partial charge is 0.326 e. The van der Waals surface area contributed by atoms with Gasteiger partial charge in [-0.3, -0.25) is 14.4 Å². The molecule has 0 aliphatic carbocycles. The summed E-state index contributed by atoms with van der Waals surface area (Å²) in [5, 5.41) is 4.67. The molecule has 0 aliphatic rings. The number of hydrogen-bond donors (Lipinski definition) is 3. The van der Waals surface area contributed by atoms with E-state index >= 15 is 0 Å². The molecule has 0 unspecified atom stereocenters. The Hall–Kier alpha value is -3.67. The fraction of sp³-hybridized carbons (Fsp3) is 0.136. The number of H-pyrrole nitrogens is 2. The summed E-state index contributed by atoms with van der Waals surface area (Å²) in [6.45, 7) is 3.51. The van der Waals surface area contributed by atoms with Crippen LogP contribution in [0.4, 0.5) is 5.69 Å². The van der Waals surface area contributed by atoms with Gasteiger partial charge in [-0.2, -0.15) is 0 Å². The molecule has 0 saturated heterocycles. The Kier molecular flexibility index (Phi) is 4.31. The Balaban J connectivity index is 1.55. The molecule has 0 spiro atoms. The molecule has 6 heteroatoms. The van der Waals surface area contributed by atoms with Gasteiger partial charge in [0, 0.05) is 22.3 Å². The summed E-state index contributed by atoms with van der Waals surface area (Å²) in [6, 6.07) is 14.6. The molecule has 2 aromatic heterocycles. The van der Waals surface area contributed by atoms with Gasteiger partial charge in [0.25, 0.3) is 11.1 Å². The Morgan fingerprint density at radius 2 is 1.50 bits per heavy atom. The van der Waals surface area contributed by atoms with Crippen LogP contribution in [0.2, 0.25) is 0 Å². The van der Waals surface area contributed by atoms with Crippen LogP contribution in [-0.2, 0) is 11.2 Å². The fourth-order valence-electron chi connectivity index (χ4n) is 3.25. The minimum absolute atomic E-state index is 0.109. The van der Waals surface area contributed by atoms with Crippen LogP contribution in [0.5, 0.6) is 0 Å². The highest BCUT2D eigenvalue weighted by atomic mass is 16.1. The summed E-state index contributed by atoms with van der Waals surface area (Å²) < 4.78 is 0. The first kappa shape index (κ1) is 17.7. The smallest absolute Gasteiger partial charge is 0.251 e. The van der Waals surface area contributed by atoms with Crippen molar-refractivity contribution in [1.29, 1.82) is 0 Å². The number of aromatic amines is 2. The van der Waals surface area contributed by atoms with Crippen molar-refractivity contribution in [1.82, 2.24) is 9.97 Å². The molecule has 0 bridgehead atoms. The molecule has 6 nitrogen and oxygen atoms in total. The molecule has 1 amide bonds. The van der Waals surface area contributed by atoms with Gasteiger partial charge in [-0.15, -0.1) is 0 Å². The number of carbonyl (C=O) groups excluding carboxylic acids is 1. The Morgan fingerprint density at radius 1 is 0.821 bits per heavy atom. The quantitative estimate of drug-likeness (QED) is 0.515. The van der Waals surface area contributed by atoms with E-state index in [1.54, 1.807) is 19.9 Å². The number of fused-ring (bicyclic) bond motifs is 2. The second kappa shape index (κ2) is 6.81. The third kappa shape index (κ3) is 3.44. The number of rotatable bonds is 3. The van der Waals surface area contributed by atoms with Crippen LogP contribution in [0.25, 0.3) is 21.8 Å². The van der Waals surface area contributed by atoms with Gasteiger partial charge < -0.3 is 15.3 Å². The maximum absolute atomic E-state index is 12.5. The van der Waals surface area contributed by atoms with Gasteiger partial charge in [-0.05, 0) is 66.6 Å². The van der Waals surface area contributed by atoms with Crippen LogP contribution in [0.1, 0.15) is 16.7 Å². The number of benzene rings is 2. The summed E-state index contributed by atoms with van der Waals surface area (Å²) >= 11 is 0. The first-order valence-electron chi connectivity index (χ1n) is 8.95. The zero-order chi connectivity index (χ0) is 19.8. The number of aromatic nitrogens is 2. The van der Waals surface area contributed by atoms with Crippen LogP contribution in [-0.4, -0.2) is 15.9 Å². The molecular formula is C22H19N3O3. The molecule has 0 aliphatic heterocycles. The van der Waals surface area contributed by atoms with Gasteiger partial charge in [-0.1, -0.05) is 12.1 Å². The molecular weight excluding hydrogens is 354 g/mol. The summed E-state index contributed by atoms with van der Waals surface area (Å²) in [7, 11) is 0. The second-order valence-corrected chi connectivity index (χ2v) is 7.01. The Labute approximate surface area is 160 Å². The van der Waals surface area contributed by atoms with E-state index in [2.05, 4.69) is 15.3 Å². The minimum Gasteiger partial charge on any atom is -0.326 e. The van der Waals surface area contributed by atoms with Crippen molar-refractivity contribution < 1.29 is 4.79 Å². The molecule has 0 radical (unpaired) electrons. The van der Waals surface area contributed by atoms with Crippen molar-refractivity contribution in [2.24, 2.45) is 0 Å². The van der Waals surface area contributed by atoms with E-state index in [-0.39, 0.29) is 23.4 Å². The van der Waals surface area contributed by atoms with E-state index in [0.29, 0.717) is 22.3 Å². The Bertz CT molecular complexity index is 1350. The monoisotopic (exact) mass is 373 g/mol. The molecule has 140 valence electrons. The van der Waals surface area contributed by atoms with Crippen molar-refractivity contribution in [3.8, 4) is 0 Å². The topological polar surface area (TPSA) is 94.8 Å². The van der Waals surface area contributed by atoms with Gasteiger partial charge in [0.05, 0.1) is 11.9 Å². The standard InChI is InChI=1S/C22H19N3O3/c1-12-7-15-4-5-17(11-19(15)25-22(12)28)23-20(26)10-14-3-6-18-16(9-14)8-13(2)21(27)24-18/h3-9,11H,10H2,1-2H3,(H,23,26)(H,24,27)(H,25,28). The number of anilines is 1. The van der Waals surface area contributed by atoms with Gasteiger partial charge in [0.15, 0.2) is 0 Å². The maximum Gasteiger partial charge on any atom is 0.251 e. The number of nitrogens with one attached hydrogen (secondary N) is 3. The summed E-state index contributed by atoms with van der Waals surface area (Å²) in [4.78, 5) is 41.6. The predicted octanol–water partition coefficient (Wildman–Crippen LogP) is 3.17. The third-order valence-corrected chi connectivity index (χ3v) is 4.77. The highest BCUT2D eigenvalue weighted by Crippen LogP contribution is 2.18. The summed E-state index contributed by atoms with van der Waals surface area (Å²) in [6.07, 6.45) is 0.205. The number of hydrogen-bond acceptors (Lipinski definition) is 3. The average Bonchev–Trinajstić information content (AvgIpc) is 2.64. The predicted molar refractivity (Wildman–Crippen MR) is 111 cm³/mol. The van der Waals surface area contributed by atoms with Crippen LogP contribution in [0.15, 0.2) is 58.1 Å². The lowest BCUT2D eigenvalue weighted by Crippen LogP contribution is -2.15. The molecule has 3 N–H and O–H groups in total. The second-order valence-electron chi connectivity index (χ2n) is 7.01. The number of aryl methyl sites for hydroxylation is 2. The highest BCUT2D eigenvalue weighted by molar-refractivity contribution is 5.95. The minimum atomic E-state index is -0.158. The first-order chi connectivity index (χ1) is 13.4. The molecule has 0 atom stereocenters. The van der Waals surface area contributed by atoms with E-state index in [4.69, 9.17) is 0 Å². The van der Waals surface area contributed by atoms with Crippen molar-refractivity contribution in [3.05, 3.63) is 85.9 Å². The van der Waals surface area contributed by atoms with E-state index in [1.807, 2.05) is 42.5 Å². The van der Waals surface area contributed by atoms with E-state index < -0.39 is 0 Å². The molecule has 0 fully saturated rings. The third-order valence-electron chi connectivity index (χ3n) is 4.77. The van der Waals surface area contributed by atoms with Crippen LogP contribution in [0.3, 0.4) is 0 Å². The van der Waals surface area contributed by atoms with E-state index in [9.17, 15) is 14.4 Å². The molecule has 2 aromatic carbocycles. The fourth-order valence-corrected chi connectivity index (χ4v) is 3.25. The number of amides is 1. The zero-order valence-corrected chi connectivity index (χ0v) is 15.6. The van der Waals surface area contributed by atoms with Crippen molar-refractivity contribution in [2.75, 3.05) is 5.32 Å². The van der Waals surface area contributed by atoms with Gasteiger partial charge >= 0.3 is 0 Å². The Morgan fingerprint density at radius 3 is 2.25 bits per heavy atom. The lowest BCUT2D eigenvalue weighted by atomic mass is 10.1. The van der Waals surface area contributed by atoms with Crippen LogP contribution < -0.4 is 16.4 Å². The zero-order valence-electron chi connectivity index (χ0n) is 15.6. The van der Waals surface area contributed by atoms with Crippen molar-refractivity contribution in [3.63, 3.8) is 0 Å². The number of carbonyl (C=O) groups is 1. The van der Waals surface area contributed by atoms with Gasteiger partial charge in [0.1, 0.15) is 0 Å². The average molecular weight is 373 g/mol. The van der Waals surface area contributed by atoms with E-state index in [1.165, 1.54) is 0 Å². The molecule has 0 saturated carbocycles. The number of pyridine rings is 2. The maximum atomic E-state index is 12.5. The van der Waals surface area contributed by atoms with Gasteiger partial charge in [0.2, 0.25) is 5.91 Å². The molecule has 28 heavy (non-hydrogen) atoms. The normalized spacial score (nSPS) is 11.1. The summed E-state index contributed by atoms with van der Waals surface area (Å²) in [5.74, 6) is -0.158. The van der Waals surface area contributed by atoms with Crippen LogP contribution in [0, 0.1) is 13.8 Å². The van der Waals surface area contributed by atoms with Crippen molar-refractivity contribution >= 4 is 33.4 Å². The van der Waals surface area contributed by atoms with Crippen LogP contribution >= 0.6 is 0 Å². The lowest BCUT2D eigenvalue weighted by molar-refractivity contribution is -0.115. The van der Waals surface area contributed by atoms with Crippen molar-refractivity contribution in [2.45, 2.75) is 20.3 Å². The molecule has 2 heterocycles.